The second-order valence-corrected chi connectivity index (χ2v) is 9.77. The molecule has 9 nitrogen and oxygen atoms in total. The van der Waals surface area contributed by atoms with E-state index in [1.54, 1.807) is 21.1 Å². The lowest BCUT2D eigenvalue weighted by Crippen LogP contribution is -2.44. The van der Waals surface area contributed by atoms with E-state index < -0.39 is 47.6 Å². The molecule has 0 bridgehead atoms. The van der Waals surface area contributed by atoms with Crippen LogP contribution in [0.3, 0.4) is 0 Å². The number of alkyl halides is 1. The summed E-state index contributed by atoms with van der Waals surface area (Å²) < 4.78 is 39.9. The average molecular weight is 563 g/mol. The van der Waals surface area contributed by atoms with Gasteiger partial charge in [0.2, 0.25) is 0 Å². The standard InChI is InChI=1S/C31H31FN2O7/c1-19(28-27(36)26(32)29(40-28)34-18-17-25(35)33-30(34)37)41-31(20-7-5-4-6-8-20,21-9-13-23(38-2)14-10-21)22-11-15-24(39-3)16-12-22/h4-19,26-29,36H,1-3H3,(H,33,35,37)/t19-,26+,27-,28?,29+/m0/s1. The summed E-state index contributed by atoms with van der Waals surface area (Å²) >= 11 is 0. The molecule has 5 rings (SSSR count). The van der Waals surface area contributed by atoms with Crippen LogP contribution in [0.1, 0.15) is 29.8 Å². The third-order valence-corrected chi connectivity index (χ3v) is 7.36. The minimum absolute atomic E-state index is 0.625. The van der Waals surface area contributed by atoms with Gasteiger partial charge in [-0.3, -0.25) is 14.3 Å². The van der Waals surface area contributed by atoms with Crippen LogP contribution in [0.4, 0.5) is 4.39 Å². The van der Waals surface area contributed by atoms with Crippen LogP contribution < -0.4 is 20.7 Å². The lowest BCUT2D eigenvalue weighted by Gasteiger charge is -2.40. The maximum Gasteiger partial charge on any atom is 0.330 e. The summed E-state index contributed by atoms with van der Waals surface area (Å²) in [4.78, 5) is 26.0. The number of aromatic nitrogens is 2. The van der Waals surface area contributed by atoms with Gasteiger partial charge < -0.3 is 24.1 Å². The van der Waals surface area contributed by atoms with Gasteiger partial charge in [0.25, 0.3) is 5.56 Å². The highest BCUT2D eigenvalue weighted by atomic mass is 19.1. The fraction of sp³-hybridized carbons (Fsp3) is 0.290. The van der Waals surface area contributed by atoms with Crippen molar-refractivity contribution in [2.75, 3.05) is 14.2 Å². The monoisotopic (exact) mass is 562 g/mol. The van der Waals surface area contributed by atoms with Crippen LogP contribution in [0.2, 0.25) is 0 Å². The third-order valence-electron chi connectivity index (χ3n) is 7.36. The van der Waals surface area contributed by atoms with Gasteiger partial charge in [-0.2, -0.15) is 0 Å². The van der Waals surface area contributed by atoms with Gasteiger partial charge in [-0.25, -0.2) is 9.18 Å². The summed E-state index contributed by atoms with van der Waals surface area (Å²) in [6.07, 6.45) is -5.94. The van der Waals surface area contributed by atoms with Gasteiger partial charge in [0.1, 0.15) is 29.3 Å². The number of rotatable bonds is 9. The van der Waals surface area contributed by atoms with Crippen molar-refractivity contribution in [2.24, 2.45) is 0 Å². The van der Waals surface area contributed by atoms with Crippen molar-refractivity contribution in [1.82, 2.24) is 9.55 Å². The normalized spacial score (nSPS) is 21.4. The molecule has 0 amide bonds. The lowest BCUT2D eigenvalue weighted by atomic mass is 9.79. The van der Waals surface area contributed by atoms with Gasteiger partial charge in [-0.15, -0.1) is 0 Å². The van der Waals surface area contributed by atoms with Crippen LogP contribution in [0.15, 0.2) is 101 Å². The smallest absolute Gasteiger partial charge is 0.330 e. The first-order chi connectivity index (χ1) is 19.8. The number of benzene rings is 3. The number of hydrogen-bond acceptors (Lipinski definition) is 7. The highest BCUT2D eigenvalue weighted by Crippen LogP contribution is 2.44. The van der Waals surface area contributed by atoms with Crippen molar-refractivity contribution in [2.45, 2.75) is 43.2 Å². The highest BCUT2D eigenvalue weighted by molar-refractivity contribution is 5.49. The largest absolute Gasteiger partial charge is 0.497 e. The van der Waals surface area contributed by atoms with E-state index in [4.69, 9.17) is 18.9 Å². The van der Waals surface area contributed by atoms with E-state index in [1.807, 2.05) is 78.9 Å². The molecule has 1 fully saturated rings. The Kier molecular flexibility index (Phi) is 8.07. The predicted molar refractivity (Wildman–Crippen MR) is 149 cm³/mol. The topological polar surface area (TPSA) is 112 Å². The fourth-order valence-electron chi connectivity index (χ4n) is 5.28. The summed E-state index contributed by atoms with van der Waals surface area (Å²) in [5.74, 6) is 1.31. The van der Waals surface area contributed by atoms with E-state index in [9.17, 15) is 14.7 Å². The molecule has 0 aliphatic carbocycles. The summed E-state index contributed by atoms with van der Waals surface area (Å²) in [6, 6.07) is 25.4. The Morgan fingerprint density at radius 2 is 1.41 bits per heavy atom. The van der Waals surface area contributed by atoms with E-state index in [0.29, 0.717) is 11.5 Å². The van der Waals surface area contributed by atoms with E-state index in [-0.39, 0.29) is 0 Å². The molecule has 2 N–H and O–H groups in total. The maximum atomic E-state index is 15.4. The first-order valence-electron chi connectivity index (χ1n) is 13.1. The Morgan fingerprint density at radius 1 is 0.878 bits per heavy atom. The number of ether oxygens (including phenoxy) is 4. The molecule has 1 aliphatic rings. The molecule has 0 saturated carbocycles. The van der Waals surface area contributed by atoms with Crippen LogP contribution >= 0.6 is 0 Å². The molecule has 4 aromatic rings. The molecule has 1 saturated heterocycles. The molecule has 3 aromatic carbocycles. The van der Waals surface area contributed by atoms with Crippen molar-refractivity contribution >= 4 is 0 Å². The van der Waals surface area contributed by atoms with Gasteiger partial charge in [0, 0.05) is 12.3 Å². The van der Waals surface area contributed by atoms with Crippen molar-refractivity contribution in [3.05, 3.63) is 129 Å². The number of nitrogens with one attached hydrogen (secondary N) is 1. The fourth-order valence-corrected chi connectivity index (χ4v) is 5.28. The van der Waals surface area contributed by atoms with Gasteiger partial charge in [0.15, 0.2) is 12.4 Å². The predicted octanol–water partition coefficient (Wildman–Crippen LogP) is 3.55. The first kappa shape index (κ1) is 28.3. The molecule has 1 unspecified atom stereocenters. The van der Waals surface area contributed by atoms with Crippen LogP contribution in [0.25, 0.3) is 0 Å². The number of H-pyrrole nitrogens is 1. The molecule has 0 spiro atoms. The number of aliphatic hydroxyl groups is 1. The van der Waals surface area contributed by atoms with Crippen LogP contribution in [-0.4, -0.2) is 53.4 Å². The van der Waals surface area contributed by atoms with Crippen molar-refractivity contribution in [3.8, 4) is 11.5 Å². The van der Waals surface area contributed by atoms with Crippen molar-refractivity contribution in [3.63, 3.8) is 0 Å². The summed E-state index contributed by atoms with van der Waals surface area (Å²) in [6.45, 7) is 1.68. The second kappa shape index (κ2) is 11.7. The molecule has 0 radical (unpaired) electrons. The van der Waals surface area contributed by atoms with Crippen molar-refractivity contribution in [1.29, 1.82) is 0 Å². The molecule has 1 aliphatic heterocycles. The van der Waals surface area contributed by atoms with E-state index >= 15 is 4.39 Å². The maximum absolute atomic E-state index is 15.4. The van der Waals surface area contributed by atoms with Crippen LogP contribution in [-0.2, 0) is 15.1 Å². The van der Waals surface area contributed by atoms with Gasteiger partial charge in [-0.1, -0.05) is 54.6 Å². The van der Waals surface area contributed by atoms with Gasteiger partial charge >= 0.3 is 5.69 Å². The molecule has 2 heterocycles. The number of aromatic amines is 1. The second-order valence-electron chi connectivity index (χ2n) is 9.77. The Labute approximate surface area is 235 Å². The minimum Gasteiger partial charge on any atom is -0.497 e. The van der Waals surface area contributed by atoms with E-state index in [2.05, 4.69) is 4.98 Å². The van der Waals surface area contributed by atoms with Gasteiger partial charge in [0.05, 0.1) is 20.3 Å². The molecule has 5 atom stereocenters. The number of methoxy groups -OCH3 is 2. The first-order valence-corrected chi connectivity index (χ1v) is 13.1. The Morgan fingerprint density at radius 3 is 1.93 bits per heavy atom. The lowest BCUT2D eigenvalue weighted by molar-refractivity contribution is -0.137. The molecule has 214 valence electrons. The summed E-state index contributed by atoms with van der Waals surface area (Å²) in [7, 11) is 3.16. The number of nitrogens with zero attached hydrogens (tertiary/aromatic N) is 1. The summed E-state index contributed by atoms with van der Waals surface area (Å²) in [5.41, 5.74) is -0.430. The number of hydrogen-bond donors (Lipinski definition) is 2. The zero-order valence-electron chi connectivity index (χ0n) is 22.8. The Hall–Kier alpha value is -4.25. The molecule has 1 aromatic heterocycles. The zero-order valence-corrected chi connectivity index (χ0v) is 22.8. The average Bonchev–Trinajstić information content (AvgIpc) is 3.30. The van der Waals surface area contributed by atoms with E-state index in [1.165, 1.54) is 0 Å². The number of aliphatic hydroxyl groups excluding tert-OH is 1. The third kappa shape index (κ3) is 5.29. The number of halogens is 1. The van der Waals surface area contributed by atoms with Crippen molar-refractivity contribution < 1.29 is 28.4 Å². The van der Waals surface area contributed by atoms with Gasteiger partial charge in [-0.05, 0) is 47.9 Å². The molecular weight excluding hydrogens is 531 g/mol. The SMILES string of the molecule is COc1ccc(C(O[C@@H](C)C2O[C@@H](n3ccc(=O)[nH]c3=O)[C@H](F)[C@@H]2O)(c2ccccc2)c2ccc(OC)cc2)cc1. The van der Waals surface area contributed by atoms with Crippen LogP contribution in [0.5, 0.6) is 11.5 Å². The Bertz CT molecular complexity index is 1520. The Balaban J connectivity index is 1.60. The quantitative estimate of drug-likeness (QED) is 0.300. The molecular formula is C31H31FN2O7. The van der Waals surface area contributed by atoms with Crippen LogP contribution in [0, 0.1) is 0 Å². The molecule has 41 heavy (non-hydrogen) atoms. The van der Waals surface area contributed by atoms with E-state index in [0.717, 1.165) is 33.5 Å². The summed E-state index contributed by atoms with van der Waals surface area (Å²) in [5, 5.41) is 10.9. The molecule has 10 heteroatoms. The minimum atomic E-state index is -1.96. The zero-order chi connectivity index (χ0) is 29.1. The highest BCUT2D eigenvalue weighted by Gasteiger charge is 2.50.